The summed E-state index contributed by atoms with van der Waals surface area (Å²) in [5.41, 5.74) is 0. The van der Waals surface area contributed by atoms with Crippen LogP contribution in [0.1, 0.15) is 26.7 Å². The average Bonchev–Trinajstić information content (AvgIpc) is 2.21. The first-order valence-corrected chi connectivity index (χ1v) is 4.87. The van der Waals surface area contributed by atoms with Gasteiger partial charge in [0.2, 0.25) is 6.41 Å². The number of imide groups is 1. The zero-order valence-electron chi connectivity index (χ0n) is 8.62. The molecule has 1 unspecified atom stereocenters. The van der Waals surface area contributed by atoms with Crippen LogP contribution in [-0.2, 0) is 4.79 Å². The van der Waals surface area contributed by atoms with E-state index in [1.165, 1.54) is 4.90 Å². The Morgan fingerprint density at radius 3 is 2.71 bits per heavy atom. The van der Waals surface area contributed by atoms with Gasteiger partial charge in [-0.25, -0.2) is 9.18 Å². The smallest absolute Gasteiger partial charge is 0.322 e. The number of urea groups is 1. The lowest BCUT2D eigenvalue weighted by Gasteiger charge is -2.28. The molecule has 0 aromatic rings. The molecule has 14 heavy (non-hydrogen) atoms. The van der Waals surface area contributed by atoms with Gasteiger partial charge in [0.05, 0.1) is 6.54 Å². The van der Waals surface area contributed by atoms with Gasteiger partial charge in [-0.1, -0.05) is 13.8 Å². The van der Waals surface area contributed by atoms with Crippen molar-refractivity contribution in [3.63, 3.8) is 0 Å². The van der Waals surface area contributed by atoms with Crippen LogP contribution in [0.2, 0.25) is 0 Å². The number of halogens is 1. The molecule has 0 aliphatic carbocycles. The van der Waals surface area contributed by atoms with Crippen LogP contribution in [0.5, 0.6) is 0 Å². The summed E-state index contributed by atoms with van der Waals surface area (Å²) in [6.45, 7) is 4.62. The molecule has 0 aromatic heterocycles. The summed E-state index contributed by atoms with van der Waals surface area (Å²) in [5, 5.41) is 1.98. The Bertz CT molecular complexity index is 188. The number of hydrogen-bond donors (Lipinski definition) is 1. The third-order valence-electron chi connectivity index (χ3n) is 1.83. The molecular formula is C9H17FN2O2. The predicted octanol–water partition coefficient (Wildman–Crippen LogP) is 1.31. The van der Waals surface area contributed by atoms with Crippen molar-refractivity contribution in [2.24, 2.45) is 0 Å². The molecule has 1 heterocycles. The van der Waals surface area contributed by atoms with Gasteiger partial charge in [0.15, 0.2) is 0 Å². The molecule has 0 bridgehead atoms. The third-order valence-corrected chi connectivity index (χ3v) is 1.83. The number of alkyl halides is 1. The Morgan fingerprint density at radius 2 is 2.21 bits per heavy atom. The van der Waals surface area contributed by atoms with Crippen molar-refractivity contribution in [1.82, 2.24) is 10.2 Å². The molecule has 1 fully saturated rings. The molecule has 1 atom stereocenters. The fraction of sp³-hybridized carbons (Fsp3) is 0.778. The van der Waals surface area contributed by atoms with E-state index in [4.69, 9.17) is 0 Å². The molecule has 1 rings (SSSR count). The molecule has 82 valence electrons. The molecule has 0 aromatic carbocycles. The van der Waals surface area contributed by atoms with Crippen LogP contribution in [0, 0.1) is 0 Å². The van der Waals surface area contributed by atoms with E-state index in [-0.39, 0.29) is 6.54 Å². The molecule has 1 aliphatic heterocycles. The highest BCUT2D eigenvalue weighted by Gasteiger charge is 2.22. The summed E-state index contributed by atoms with van der Waals surface area (Å²) < 4.78 is 12.7. The van der Waals surface area contributed by atoms with Gasteiger partial charge in [0.25, 0.3) is 0 Å². The van der Waals surface area contributed by atoms with Gasteiger partial charge in [-0.15, -0.1) is 0 Å². The average molecular weight is 204 g/mol. The van der Waals surface area contributed by atoms with Crippen molar-refractivity contribution in [3.8, 4) is 0 Å². The quantitative estimate of drug-likeness (QED) is 0.655. The van der Waals surface area contributed by atoms with Gasteiger partial charge in [-0.2, -0.15) is 0 Å². The second-order valence-corrected chi connectivity index (χ2v) is 2.75. The Labute approximate surface area is 83.5 Å². The highest BCUT2D eigenvalue weighted by atomic mass is 19.1. The number of hydrogen-bond acceptors (Lipinski definition) is 2. The highest BCUT2D eigenvalue weighted by molar-refractivity contribution is 5.84. The SMILES string of the molecule is CC.O=CNC(=O)N1CCCC(F)C1. The first kappa shape index (κ1) is 12.9. The van der Waals surface area contributed by atoms with Gasteiger partial charge in [-0.3, -0.25) is 10.1 Å². The van der Waals surface area contributed by atoms with Gasteiger partial charge < -0.3 is 4.90 Å². The minimum atomic E-state index is -0.948. The van der Waals surface area contributed by atoms with Crippen LogP contribution >= 0.6 is 0 Å². The number of likely N-dealkylation sites (tertiary alicyclic amines) is 1. The second-order valence-electron chi connectivity index (χ2n) is 2.75. The second kappa shape index (κ2) is 7.29. The van der Waals surface area contributed by atoms with E-state index in [1.54, 1.807) is 0 Å². The predicted molar refractivity (Wildman–Crippen MR) is 51.6 cm³/mol. The first-order chi connectivity index (χ1) is 6.74. The molecular weight excluding hydrogens is 187 g/mol. The van der Waals surface area contributed by atoms with Gasteiger partial charge >= 0.3 is 6.03 Å². The van der Waals surface area contributed by atoms with Crippen LogP contribution in [0.25, 0.3) is 0 Å². The molecule has 5 heteroatoms. The number of piperidine rings is 1. The summed E-state index contributed by atoms with van der Waals surface area (Å²) >= 11 is 0. The van der Waals surface area contributed by atoms with Crippen molar-refractivity contribution in [2.45, 2.75) is 32.9 Å². The number of amides is 3. The van der Waals surface area contributed by atoms with Crippen molar-refractivity contribution in [1.29, 1.82) is 0 Å². The van der Waals surface area contributed by atoms with E-state index in [1.807, 2.05) is 19.2 Å². The van der Waals surface area contributed by atoms with Crippen LogP contribution in [0.4, 0.5) is 9.18 Å². The van der Waals surface area contributed by atoms with Crippen molar-refractivity contribution in [3.05, 3.63) is 0 Å². The standard InChI is InChI=1S/C7H11FN2O2.C2H6/c8-6-2-1-3-10(4-6)7(12)9-5-11;1-2/h5-6H,1-4H2,(H,9,11,12);1-2H3. The van der Waals surface area contributed by atoms with Gasteiger partial charge in [-0.05, 0) is 12.8 Å². The maximum absolute atomic E-state index is 12.7. The molecule has 3 amide bonds. The third kappa shape index (κ3) is 4.20. The minimum absolute atomic E-state index is 0.0969. The summed E-state index contributed by atoms with van der Waals surface area (Å²) in [6, 6.07) is -0.507. The van der Waals surface area contributed by atoms with E-state index in [0.717, 1.165) is 0 Å². The molecule has 4 nitrogen and oxygen atoms in total. The summed E-state index contributed by atoms with van der Waals surface area (Å²) in [6.07, 6.45) is 0.527. The number of nitrogens with one attached hydrogen (secondary N) is 1. The number of carbonyl (C=O) groups excluding carboxylic acids is 2. The van der Waals surface area contributed by atoms with Gasteiger partial charge in [0, 0.05) is 6.54 Å². The first-order valence-electron chi connectivity index (χ1n) is 4.87. The van der Waals surface area contributed by atoms with Crippen molar-refractivity contribution < 1.29 is 14.0 Å². The van der Waals surface area contributed by atoms with E-state index in [0.29, 0.717) is 25.8 Å². The number of carbonyl (C=O) groups is 2. The Morgan fingerprint density at radius 1 is 1.57 bits per heavy atom. The Hall–Kier alpha value is -1.13. The van der Waals surface area contributed by atoms with Crippen LogP contribution in [-0.4, -0.2) is 36.6 Å². The van der Waals surface area contributed by atoms with Crippen molar-refractivity contribution >= 4 is 12.4 Å². The lowest BCUT2D eigenvalue weighted by atomic mass is 10.1. The van der Waals surface area contributed by atoms with Crippen molar-refractivity contribution in [2.75, 3.05) is 13.1 Å². The molecule has 0 saturated carbocycles. The maximum atomic E-state index is 12.7. The Kier molecular flexibility index (Phi) is 6.70. The molecule has 1 aliphatic rings. The summed E-state index contributed by atoms with van der Waals surface area (Å²) in [7, 11) is 0. The molecule has 1 N–H and O–H groups in total. The largest absolute Gasteiger partial charge is 0.323 e. The highest BCUT2D eigenvalue weighted by Crippen LogP contribution is 2.12. The topological polar surface area (TPSA) is 49.4 Å². The number of rotatable bonds is 1. The summed E-state index contributed by atoms with van der Waals surface area (Å²) in [4.78, 5) is 22.2. The minimum Gasteiger partial charge on any atom is -0.322 e. The van der Waals surface area contributed by atoms with Gasteiger partial charge in [0.1, 0.15) is 6.17 Å². The fourth-order valence-electron chi connectivity index (χ4n) is 1.25. The van der Waals surface area contributed by atoms with Crippen LogP contribution in [0.3, 0.4) is 0 Å². The van der Waals surface area contributed by atoms with E-state index < -0.39 is 12.2 Å². The lowest BCUT2D eigenvalue weighted by molar-refractivity contribution is -0.108. The van der Waals surface area contributed by atoms with E-state index in [2.05, 4.69) is 0 Å². The zero-order chi connectivity index (χ0) is 11.0. The molecule has 0 spiro atoms. The normalized spacial score (nSPS) is 20.5. The zero-order valence-corrected chi connectivity index (χ0v) is 8.62. The monoisotopic (exact) mass is 204 g/mol. The van der Waals surface area contributed by atoms with Crippen LogP contribution in [0.15, 0.2) is 0 Å². The maximum Gasteiger partial charge on any atom is 0.323 e. The van der Waals surface area contributed by atoms with E-state index in [9.17, 15) is 14.0 Å². The number of nitrogens with zero attached hydrogens (tertiary/aromatic N) is 1. The van der Waals surface area contributed by atoms with E-state index >= 15 is 0 Å². The Balaban J connectivity index is 0.000000791. The van der Waals surface area contributed by atoms with Crippen LogP contribution < -0.4 is 5.32 Å². The lowest BCUT2D eigenvalue weighted by Crippen LogP contribution is -2.45. The summed E-state index contributed by atoms with van der Waals surface area (Å²) in [5.74, 6) is 0. The fourth-order valence-corrected chi connectivity index (χ4v) is 1.25. The molecule has 1 saturated heterocycles. The molecule has 0 radical (unpaired) electrons.